The van der Waals surface area contributed by atoms with Gasteiger partial charge in [0.2, 0.25) is 5.91 Å². The Hall–Kier alpha value is -2.86. The zero-order valence-electron chi connectivity index (χ0n) is 17.1. The number of rotatable bonds is 7. The van der Waals surface area contributed by atoms with Gasteiger partial charge in [0.15, 0.2) is 0 Å². The number of benzene rings is 2. The van der Waals surface area contributed by atoms with Crippen LogP contribution in [0.4, 0.5) is 0 Å². The predicted octanol–water partition coefficient (Wildman–Crippen LogP) is 2.55. The summed E-state index contributed by atoms with van der Waals surface area (Å²) < 4.78 is 5.78. The second-order valence-electron chi connectivity index (χ2n) is 7.59. The molecule has 0 aliphatic carbocycles. The Bertz CT molecular complexity index is 798. The molecule has 29 heavy (non-hydrogen) atoms. The van der Waals surface area contributed by atoms with Crippen molar-refractivity contribution in [3.63, 3.8) is 0 Å². The first kappa shape index (κ1) is 20.9. The van der Waals surface area contributed by atoms with E-state index in [4.69, 9.17) is 4.74 Å². The maximum absolute atomic E-state index is 12.8. The molecule has 154 valence electrons. The van der Waals surface area contributed by atoms with E-state index >= 15 is 0 Å². The standard InChI is InChI=1S/C23H29N3O3/c1-18(2)24-22(27)16-25-12-14-26(15-13-25)23(28)20-8-10-21(11-9-20)29-17-19-6-4-3-5-7-19/h3-11,18H,12-17H2,1-2H3,(H,24,27). The first-order valence-electron chi connectivity index (χ1n) is 10.1. The molecule has 0 atom stereocenters. The van der Waals surface area contributed by atoms with Gasteiger partial charge in [-0.3, -0.25) is 14.5 Å². The second-order valence-corrected chi connectivity index (χ2v) is 7.59. The summed E-state index contributed by atoms with van der Waals surface area (Å²) in [4.78, 5) is 28.6. The molecule has 2 aromatic rings. The van der Waals surface area contributed by atoms with Crippen LogP contribution in [0.15, 0.2) is 54.6 Å². The Morgan fingerprint density at radius 3 is 2.24 bits per heavy atom. The highest BCUT2D eigenvalue weighted by molar-refractivity contribution is 5.94. The van der Waals surface area contributed by atoms with Gasteiger partial charge in [0.1, 0.15) is 12.4 Å². The summed E-state index contributed by atoms with van der Waals surface area (Å²) in [5.74, 6) is 0.795. The van der Waals surface area contributed by atoms with Crippen molar-refractivity contribution in [3.8, 4) is 5.75 Å². The number of carbonyl (C=O) groups is 2. The van der Waals surface area contributed by atoms with Gasteiger partial charge in [-0.25, -0.2) is 0 Å². The Morgan fingerprint density at radius 2 is 1.62 bits per heavy atom. The molecule has 1 aliphatic rings. The minimum Gasteiger partial charge on any atom is -0.489 e. The number of hydrogen-bond donors (Lipinski definition) is 1. The minimum absolute atomic E-state index is 0.0193. The number of hydrogen-bond acceptors (Lipinski definition) is 4. The van der Waals surface area contributed by atoms with E-state index < -0.39 is 0 Å². The minimum atomic E-state index is 0.0193. The van der Waals surface area contributed by atoms with Crippen molar-refractivity contribution in [1.29, 1.82) is 0 Å². The summed E-state index contributed by atoms with van der Waals surface area (Å²) in [5, 5.41) is 2.90. The van der Waals surface area contributed by atoms with E-state index in [0.29, 0.717) is 44.9 Å². The topological polar surface area (TPSA) is 61.9 Å². The molecule has 2 amide bonds. The summed E-state index contributed by atoms with van der Waals surface area (Å²) in [6, 6.07) is 17.4. The van der Waals surface area contributed by atoms with Gasteiger partial charge in [-0.1, -0.05) is 30.3 Å². The predicted molar refractivity (Wildman–Crippen MR) is 113 cm³/mol. The van der Waals surface area contributed by atoms with Gasteiger partial charge in [0.05, 0.1) is 6.54 Å². The van der Waals surface area contributed by atoms with E-state index in [0.717, 1.165) is 11.3 Å². The van der Waals surface area contributed by atoms with E-state index in [1.54, 1.807) is 0 Å². The van der Waals surface area contributed by atoms with Gasteiger partial charge in [-0.2, -0.15) is 0 Å². The van der Waals surface area contributed by atoms with Gasteiger partial charge < -0.3 is 15.0 Å². The van der Waals surface area contributed by atoms with Crippen LogP contribution in [0.1, 0.15) is 29.8 Å². The van der Waals surface area contributed by atoms with Crippen molar-refractivity contribution in [2.75, 3.05) is 32.7 Å². The fourth-order valence-electron chi connectivity index (χ4n) is 3.30. The average Bonchev–Trinajstić information content (AvgIpc) is 2.73. The number of ether oxygens (including phenoxy) is 1. The van der Waals surface area contributed by atoms with Crippen LogP contribution >= 0.6 is 0 Å². The Kier molecular flexibility index (Phi) is 7.25. The van der Waals surface area contributed by atoms with Crippen molar-refractivity contribution >= 4 is 11.8 Å². The normalized spacial score (nSPS) is 14.7. The lowest BCUT2D eigenvalue weighted by Gasteiger charge is -2.34. The number of carbonyl (C=O) groups excluding carboxylic acids is 2. The molecule has 0 bridgehead atoms. The van der Waals surface area contributed by atoms with Crippen LogP contribution in [-0.4, -0.2) is 60.4 Å². The van der Waals surface area contributed by atoms with Crippen LogP contribution in [0, 0.1) is 0 Å². The Morgan fingerprint density at radius 1 is 0.966 bits per heavy atom. The molecule has 0 aromatic heterocycles. The molecule has 2 aromatic carbocycles. The van der Waals surface area contributed by atoms with Gasteiger partial charge in [-0.05, 0) is 43.7 Å². The quantitative estimate of drug-likeness (QED) is 0.783. The van der Waals surface area contributed by atoms with E-state index in [2.05, 4.69) is 10.2 Å². The van der Waals surface area contributed by atoms with Crippen LogP contribution in [-0.2, 0) is 11.4 Å². The van der Waals surface area contributed by atoms with E-state index in [9.17, 15) is 9.59 Å². The van der Waals surface area contributed by atoms with E-state index in [-0.39, 0.29) is 17.9 Å². The van der Waals surface area contributed by atoms with Gasteiger partial charge in [-0.15, -0.1) is 0 Å². The van der Waals surface area contributed by atoms with Crippen LogP contribution in [0.5, 0.6) is 5.75 Å². The number of piperazine rings is 1. The van der Waals surface area contributed by atoms with Gasteiger partial charge in [0.25, 0.3) is 5.91 Å². The molecule has 1 saturated heterocycles. The molecule has 6 nitrogen and oxygen atoms in total. The summed E-state index contributed by atoms with van der Waals surface area (Å²) in [6.07, 6.45) is 0. The smallest absolute Gasteiger partial charge is 0.253 e. The highest BCUT2D eigenvalue weighted by atomic mass is 16.5. The fourth-order valence-corrected chi connectivity index (χ4v) is 3.30. The highest BCUT2D eigenvalue weighted by Gasteiger charge is 2.23. The first-order chi connectivity index (χ1) is 14.0. The lowest BCUT2D eigenvalue weighted by atomic mass is 10.1. The molecule has 3 rings (SSSR count). The Labute approximate surface area is 172 Å². The van der Waals surface area contributed by atoms with E-state index in [1.165, 1.54) is 0 Å². The summed E-state index contributed by atoms with van der Waals surface area (Å²) >= 11 is 0. The zero-order chi connectivity index (χ0) is 20.6. The third kappa shape index (κ3) is 6.32. The third-order valence-corrected chi connectivity index (χ3v) is 4.83. The van der Waals surface area contributed by atoms with Crippen molar-refractivity contribution in [3.05, 3.63) is 65.7 Å². The average molecular weight is 396 g/mol. The molecule has 0 radical (unpaired) electrons. The molecule has 0 spiro atoms. The van der Waals surface area contributed by atoms with Crippen molar-refractivity contribution in [1.82, 2.24) is 15.1 Å². The van der Waals surface area contributed by atoms with Crippen molar-refractivity contribution in [2.45, 2.75) is 26.5 Å². The summed E-state index contributed by atoms with van der Waals surface area (Å²) in [5.41, 5.74) is 1.76. The van der Waals surface area contributed by atoms with Gasteiger partial charge >= 0.3 is 0 Å². The molecular weight excluding hydrogens is 366 g/mol. The monoisotopic (exact) mass is 395 g/mol. The maximum atomic E-state index is 12.8. The van der Waals surface area contributed by atoms with Crippen LogP contribution in [0.25, 0.3) is 0 Å². The molecule has 0 unspecified atom stereocenters. The lowest BCUT2D eigenvalue weighted by Crippen LogP contribution is -2.51. The Balaban J connectivity index is 1.46. The SMILES string of the molecule is CC(C)NC(=O)CN1CCN(C(=O)c2ccc(OCc3ccccc3)cc2)CC1. The second kappa shape index (κ2) is 10.1. The van der Waals surface area contributed by atoms with Gasteiger partial charge in [0, 0.05) is 37.8 Å². The number of nitrogens with zero attached hydrogens (tertiary/aromatic N) is 2. The molecule has 0 saturated carbocycles. The van der Waals surface area contributed by atoms with Crippen LogP contribution in [0.2, 0.25) is 0 Å². The number of amides is 2. The third-order valence-electron chi connectivity index (χ3n) is 4.83. The first-order valence-corrected chi connectivity index (χ1v) is 10.1. The highest BCUT2D eigenvalue weighted by Crippen LogP contribution is 2.16. The van der Waals surface area contributed by atoms with E-state index in [1.807, 2.05) is 73.3 Å². The molecule has 1 heterocycles. The largest absolute Gasteiger partial charge is 0.489 e. The fraction of sp³-hybridized carbons (Fsp3) is 0.391. The van der Waals surface area contributed by atoms with Crippen LogP contribution in [0.3, 0.4) is 0 Å². The maximum Gasteiger partial charge on any atom is 0.253 e. The molecule has 1 fully saturated rings. The molecule has 1 N–H and O–H groups in total. The number of nitrogens with one attached hydrogen (secondary N) is 1. The molecule has 6 heteroatoms. The summed E-state index contributed by atoms with van der Waals surface area (Å²) in [7, 11) is 0. The van der Waals surface area contributed by atoms with Crippen molar-refractivity contribution < 1.29 is 14.3 Å². The zero-order valence-corrected chi connectivity index (χ0v) is 17.1. The van der Waals surface area contributed by atoms with Crippen LogP contribution < -0.4 is 10.1 Å². The summed E-state index contributed by atoms with van der Waals surface area (Å²) in [6.45, 7) is 7.44. The van der Waals surface area contributed by atoms with Crippen molar-refractivity contribution in [2.24, 2.45) is 0 Å². The molecule has 1 aliphatic heterocycles. The molecular formula is C23H29N3O3. The lowest BCUT2D eigenvalue weighted by molar-refractivity contribution is -0.123.